The van der Waals surface area contributed by atoms with Crippen molar-refractivity contribution in [2.45, 2.75) is 0 Å². The average Bonchev–Trinajstić information content (AvgIpc) is 2.96. The number of nitrogens with one attached hydrogen (secondary N) is 1. The van der Waals surface area contributed by atoms with Crippen LogP contribution in [0.3, 0.4) is 0 Å². The standard InChI is InChI=1S/C16H12BrN3O2/c17-11-6-7-13(14(21)10-11)16(22)18-15-8-9-20(19-15)12-4-2-1-3-5-12/h1-10,21H,(H,18,19,22). The van der Waals surface area contributed by atoms with Crippen molar-refractivity contribution in [1.29, 1.82) is 0 Å². The molecule has 3 aromatic rings. The molecule has 1 amide bonds. The highest BCUT2D eigenvalue weighted by atomic mass is 79.9. The largest absolute Gasteiger partial charge is 0.507 e. The van der Waals surface area contributed by atoms with Crippen molar-refractivity contribution in [3.05, 3.63) is 70.8 Å². The van der Waals surface area contributed by atoms with Crippen LogP contribution in [0.5, 0.6) is 5.75 Å². The molecule has 0 bridgehead atoms. The Balaban J connectivity index is 1.79. The number of carbonyl (C=O) groups is 1. The van der Waals surface area contributed by atoms with Crippen molar-refractivity contribution >= 4 is 27.7 Å². The molecule has 1 aromatic heterocycles. The number of rotatable bonds is 3. The van der Waals surface area contributed by atoms with Crippen molar-refractivity contribution < 1.29 is 9.90 Å². The van der Waals surface area contributed by atoms with E-state index in [1.54, 1.807) is 29.1 Å². The van der Waals surface area contributed by atoms with Crippen LogP contribution in [0.1, 0.15) is 10.4 Å². The van der Waals surface area contributed by atoms with Gasteiger partial charge in [-0.1, -0.05) is 34.1 Å². The average molecular weight is 358 g/mol. The maximum atomic E-state index is 12.2. The number of nitrogens with zero attached hydrogens (tertiary/aromatic N) is 2. The molecule has 0 aliphatic heterocycles. The third-order valence-corrected chi connectivity index (χ3v) is 3.55. The van der Waals surface area contributed by atoms with Crippen molar-refractivity contribution in [3.63, 3.8) is 0 Å². The molecule has 0 fully saturated rings. The third kappa shape index (κ3) is 3.01. The van der Waals surface area contributed by atoms with Gasteiger partial charge in [0.05, 0.1) is 11.3 Å². The summed E-state index contributed by atoms with van der Waals surface area (Å²) >= 11 is 3.23. The third-order valence-electron chi connectivity index (χ3n) is 3.06. The molecule has 0 saturated heterocycles. The number of carbonyl (C=O) groups excluding carboxylic acids is 1. The van der Waals surface area contributed by atoms with Gasteiger partial charge in [-0.25, -0.2) is 4.68 Å². The van der Waals surface area contributed by atoms with Crippen molar-refractivity contribution in [1.82, 2.24) is 9.78 Å². The summed E-state index contributed by atoms with van der Waals surface area (Å²) in [5, 5.41) is 16.8. The second kappa shape index (κ2) is 6.03. The molecule has 1 heterocycles. The molecule has 0 saturated carbocycles. The fraction of sp³-hybridized carbons (Fsp3) is 0. The molecule has 0 spiro atoms. The summed E-state index contributed by atoms with van der Waals surface area (Å²) in [6.07, 6.45) is 1.76. The monoisotopic (exact) mass is 357 g/mol. The number of benzene rings is 2. The summed E-state index contributed by atoms with van der Waals surface area (Å²) in [4.78, 5) is 12.2. The highest BCUT2D eigenvalue weighted by Crippen LogP contribution is 2.23. The van der Waals surface area contributed by atoms with Gasteiger partial charge in [-0.2, -0.15) is 5.10 Å². The van der Waals surface area contributed by atoms with Crippen LogP contribution in [-0.2, 0) is 0 Å². The molecule has 0 aliphatic carbocycles. The van der Waals surface area contributed by atoms with Gasteiger partial charge in [0.15, 0.2) is 5.82 Å². The zero-order valence-corrected chi connectivity index (χ0v) is 13.0. The summed E-state index contributed by atoms with van der Waals surface area (Å²) < 4.78 is 2.37. The minimum absolute atomic E-state index is 0.0885. The first-order valence-corrected chi connectivity index (χ1v) is 7.34. The molecular formula is C16H12BrN3O2. The molecule has 2 aromatic carbocycles. The molecular weight excluding hydrogens is 346 g/mol. The second-order valence-corrected chi connectivity index (χ2v) is 5.51. The van der Waals surface area contributed by atoms with Gasteiger partial charge in [-0.3, -0.25) is 4.79 Å². The van der Waals surface area contributed by atoms with Crippen LogP contribution in [0.15, 0.2) is 65.3 Å². The Morgan fingerprint density at radius 3 is 2.64 bits per heavy atom. The van der Waals surface area contributed by atoms with E-state index in [2.05, 4.69) is 26.3 Å². The number of aromatic hydroxyl groups is 1. The number of anilines is 1. The zero-order valence-electron chi connectivity index (χ0n) is 11.4. The van der Waals surface area contributed by atoms with E-state index < -0.39 is 5.91 Å². The summed E-state index contributed by atoms with van der Waals surface area (Å²) in [5.41, 5.74) is 1.09. The summed E-state index contributed by atoms with van der Waals surface area (Å²) in [7, 11) is 0. The number of amides is 1. The lowest BCUT2D eigenvalue weighted by atomic mass is 10.2. The zero-order chi connectivity index (χ0) is 15.5. The molecule has 22 heavy (non-hydrogen) atoms. The predicted octanol–water partition coefficient (Wildman–Crippen LogP) is 3.59. The van der Waals surface area contributed by atoms with E-state index >= 15 is 0 Å². The fourth-order valence-electron chi connectivity index (χ4n) is 2.00. The normalized spacial score (nSPS) is 10.4. The van der Waals surface area contributed by atoms with Crippen LogP contribution in [0.25, 0.3) is 5.69 Å². The highest BCUT2D eigenvalue weighted by molar-refractivity contribution is 9.10. The van der Waals surface area contributed by atoms with Crippen molar-refractivity contribution in [2.75, 3.05) is 5.32 Å². The lowest BCUT2D eigenvalue weighted by Gasteiger charge is -2.05. The van der Waals surface area contributed by atoms with E-state index in [4.69, 9.17) is 0 Å². The predicted molar refractivity (Wildman–Crippen MR) is 87.3 cm³/mol. The van der Waals surface area contributed by atoms with Gasteiger partial charge < -0.3 is 10.4 Å². The van der Waals surface area contributed by atoms with Gasteiger partial charge >= 0.3 is 0 Å². The lowest BCUT2D eigenvalue weighted by Crippen LogP contribution is -2.12. The fourth-order valence-corrected chi connectivity index (χ4v) is 2.34. The van der Waals surface area contributed by atoms with Crippen LogP contribution in [0.4, 0.5) is 5.82 Å². The van der Waals surface area contributed by atoms with E-state index in [1.807, 2.05) is 30.3 Å². The van der Waals surface area contributed by atoms with E-state index in [0.717, 1.165) is 5.69 Å². The Bertz CT molecular complexity index is 815. The van der Waals surface area contributed by atoms with Crippen LogP contribution >= 0.6 is 15.9 Å². The maximum Gasteiger partial charge on any atom is 0.260 e. The molecule has 0 aliphatic rings. The smallest absolute Gasteiger partial charge is 0.260 e. The number of aromatic nitrogens is 2. The van der Waals surface area contributed by atoms with Gasteiger partial charge in [-0.15, -0.1) is 0 Å². The van der Waals surface area contributed by atoms with Crippen LogP contribution in [0, 0.1) is 0 Å². The lowest BCUT2D eigenvalue weighted by molar-refractivity contribution is 0.102. The van der Waals surface area contributed by atoms with Crippen molar-refractivity contribution in [3.8, 4) is 11.4 Å². The van der Waals surface area contributed by atoms with E-state index in [-0.39, 0.29) is 11.3 Å². The van der Waals surface area contributed by atoms with Gasteiger partial charge in [0, 0.05) is 16.7 Å². The SMILES string of the molecule is O=C(Nc1ccn(-c2ccccc2)n1)c1ccc(Br)cc1O. The topological polar surface area (TPSA) is 67.2 Å². The number of para-hydroxylation sites is 1. The van der Waals surface area contributed by atoms with Gasteiger partial charge in [0.1, 0.15) is 5.75 Å². The van der Waals surface area contributed by atoms with Crippen LogP contribution in [0.2, 0.25) is 0 Å². The first-order valence-electron chi connectivity index (χ1n) is 6.54. The van der Waals surface area contributed by atoms with Gasteiger partial charge in [-0.05, 0) is 30.3 Å². The Hall–Kier alpha value is -2.60. The Morgan fingerprint density at radius 1 is 1.14 bits per heavy atom. The first kappa shape index (κ1) is 14.3. The number of hydrogen-bond acceptors (Lipinski definition) is 3. The quantitative estimate of drug-likeness (QED) is 0.752. The number of hydrogen-bond donors (Lipinski definition) is 2. The van der Waals surface area contributed by atoms with Crippen LogP contribution in [-0.4, -0.2) is 20.8 Å². The van der Waals surface area contributed by atoms with Crippen LogP contribution < -0.4 is 5.32 Å². The van der Waals surface area contributed by atoms with E-state index in [9.17, 15) is 9.90 Å². The number of phenols is 1. The van der Waals surface area contributed by atoms with Crippen molar-refractivity contribution in [2.24, 2.45) is 0 Å². The highest BCUT2D eigenvalue weighted by Gasteiger charge is 2.13. The summed E-state index contributed by atoms with van der Waals surface area (Å²) in [5.74, 6) is -0.0890. The minimum atomic E-state index is -0.414. The first-order chi connectivity index (χ1) is 10.6. The Morgan fingerprint density at radius 2 is 1.91 bits per heavy atom. The summed E-state index contributed by atoms with van der Waals surface area (Å²) in [6, 6.07) is 16.0. The Labute approximate surface area is 135 Å². The molecule has 5 nitrogen and oxygen atoms in total. The van der Waals surface area contributed by atoms with Gasteiger partial charge in [0.25, 0.3) is 5.91 Å². The minimum Gasteiger partial charge on any atom is -0.507 e. The molecule has 0 radical (unpaired) electrons. The molecule has 3 rings (SSSR count). The molecule has 0 atom stereocenters. The van der Waals surface area contributed by atoms with E-state index in [0.29, 0.717) is 10.3 Å². The molecule has 110 valence electrons. The number of halogens is 1. The molecule has 0 unspecified atom stereocenters. The van der Waals surface area contributed by atoms with E-state index in [1.165, 1.54) is 6.07 Å². The second-order valence-electron chi connectivity index (χ2n) is 4.60. The summed E-state index contributed by atoms with van der Waals surface area (Å²) in [6.45, 7) is 0. The molecule has 2 N–H and O–H groups in total. The Kier molecular flexibility index (Phi) is 3.93. The maximum absolute atomic E-state index is 12.2. The molecule has 6 heteroatoms. The van der Waals surface area contributed by atoms with Gasteiger partial charge in [0.2, 0.25) is 0 Å². The number of phenolic OH excluding ortho intramolecular Hbond substituents is 1.